The zero-order valence-electron chi connectivity index (χ0n) is 10.8. The van der Waals surface area contributed by atoms with E-state index in [4.69, 9.17) is 16.3 Å². The monoisotopic (exact) mass is 342 g/mol. The summed E-state index contributed by atoms with van der Waals surface area (Å²) >= 11 is 9.54. The summed E-state index contributed by atoms with van der Waals surface area (Å²) in [5.74, 6) is 1.33. The van der Waals surface area contributed by atoms with Crippen LogP contribution in [-0.4, -0.2) is 22.3 Å². The zero-order chi connectivity index (χ0) is 13.4. The molecule has 2 unspecified atom stereocenters. The van der Waals surface area contributed by atoms with Gasteiger partial charge in [-0.2, -0.15) is 0 Å². The van der Waals surface area contributed by atoms with Crippen molar-refractivity contribution in [1.82, 2.24) is 9.55 Å². The highest BCUT2D eigenvalue weighted by Gasteiger charge is 2.26. The van der Waals surface area contributed by atoms with E-state index < -0.39 is 0 Å². The highest BCUT2D eigenvalue weighted by Crippen LogP contribution is 2.30. The fourth-order valence-electron chi connectivity index (χ4n) is 2.82. The number of halogens is 2. The Morgan fingerprint density at radius 3 is 3.11 bits per heavy atom. The molecule has 1 aliphatic heterocycles. The van der Waals surface area contributed by atoms with Crippen LogP contribution in [0.15, 0.2) is 22.7 Å². The Balaban J connectivity index is 2.09. The second kappa shape index (κ2) is 5.43. The maximum Gasteiger partial charge on any atom is 0.125 e. The number of nitrogens with zero attached hydrogens (tertiary/aromatic N) is 2. The van der Waals surface area contributed by atoms with Crippen molar-refractivity contribution >= 4 is 38.6 Å². The van der Waals surface area contributed by atoms with Crippen molar-refractivity contribution in [3.8, 4) is 0 Å². The molecule has 3 nitrogen and oxygen atoms in total. The first-order valence-electron chi connectivity index (χ1n) is 6.54. The molecule has 0 aliphatic carbocycles. The molecule has 102 valence electrons. The number of aromatic nitrogens is 2. The summed E-state index contributed by atoms with van der Waals surface area (Å²) in [5.41, 5.74) is 2.11. The fraction of sp³-hybridized carbons (Fsp3) is 0.500. The lowest BCUT2D eigenvalue weighted by molar-refractivity contribution is 0.0738. The molecular formula is C14H16BrClN2O. The molecule has 0 saturated carbocycles. The molecule has 0 bridgehead atoms. The number of ether oxygens (including phenoxy) is 1. The van der Waals surface area contributed by atoms with Crippen LogP contribution in [0, 0.1) is 0 Å². The van der Waals surface area contributed by atoms with Gasteiger partial charge in [-0.15, -0.1) is 11.6 Å². The van der Waals surface area contributed by atoms with Gasteiger partial charge >= 0.3 is 0 Å². The number of hydrogen-bond acceptors (Lipinski definition) is 2. The summed E-state index contributed by atoms with van der Waals surface area (Å²) in [5, 5.41) is 0. The van der Waals surface area contributed by atoms with Crippen LogP contribution in [0.5, 0.6) is 0 Å². The third-order valence-electron chi connectivity index (χ3n) is 3.75. The Kier molecular flexibility index (Phi) is 3.83. The van der Waals surface area contributed by atoms with Crippen molar-refractivity contribution < 1.29 is 4.74 Å². The molecule has 3 rings (SSSR count). The number of hydrogen-bond donors (Lipinski definition) is 0. The van der Waals surface area contributed by atoms with Crippen molar-refractivity contribution in [1.29, 1.82) is 0 Å². The molecule has 0 amide bonds. The number of fused-ring (bicyclic) bond motifs is 1. The van der Waals surface area contributed by atoms with Gasteiger partial charge in [-0.05, 0) is 38.0 Å². The normalized spacial score (nSPS) is 21.1. The van der Waals surface area contributed by atoms with Crippen LogP contribution < -0.4 is 0 Å². The number of imidazole rings is 1. The Labute approximate surface area is 126 Å². The second-order valence-corrected chi connectivity index (χ2v) is 6.14. The largest absolute Gasteiger partial charge is 0.376 e. The molecule has 19 heavy (non-hydrogen) atoms. The van der Waals surface area contributed by atoms with Gasteiger partial charge in [0.25, 0.3) is 0 Å². The molecule has 0 spiro atoms. The summed E-state index contributed by atoms with van der Waals surface area (Å²) in [4.78, 5) is 4.63. The fourth-order valence-corrected chi connectivity index (χ4v) is 3.36. The molecule has 1 aromatic heterocycles. The van der Waals surface area contributed by atoms with Gasteiger partial charge in [-0.1, -0.05) is 15.9 Å². The Hall–Kier alpha value is -0.580. The quantitative estimate of drug-likeness (QED) is 0.778. The van der Waals surface area contributed by atoms with Crippen molar-refractivity contribution in [2.24, 2.45) is 0 Å². The van der Waals surface area contributed by atoms with Gasteiger partial charge in [0.15, 0.2) is 0 Å². The minimum Gasteiger partial charge on any atom is -0.376 e. The SMILES string of the molecule is CC(C1CCCO1)n1c(CCl)nc2cc(Br)ccc21. The highest BCUT2D eigenvalue weighted by atomic mass is 79.9. The average molecular weight is 344 g/mol. The van der Waals surface area contributed by atoms with E-state index in [1.54, 1.807) is 0 Å². The van der Waals surface area contributed by atoms with E-state index in [-0.39, 0.29) is 12.1 Å². The number of benzene rings is 1. The van der Waals surface area contributed by atoms with E-state index in [1.165, 1.54) is 0 Å². The van der Waals surface area contributed by atoms with Gasteiger partial charge in [0.2, 0.25) is 0 Å². The van der Waals surface area contributed by atoms with Gasteiger partial charge in [0.1, 0.15) is 5.82 Å². The predicted octanol–water partition coefficient (Wildman–Crippen LogP) is 4.28. The van der Waals surface area contributed by atoms with Gasteiger partial charge in [-0.3, -0.25) is 0 Å². The molecule has 1 saturated heterocycles. The molecule has 1 fully saturated rings. The Morgan fingerprint density at radius 1 is 1.58 bits per heavy atom. The maximum absolute atomic E-state index is 6.06. The van der Waals surface area contributed by atoms with Gasteiger partial charge in [0, 0.05) is 11.1 Å². The molecule has 2 heterocycles. The molecule has 1 aliphatic rings. The van der Waals surface area contributed by atoms with Crippen molar-refractivity contribution in [3.05, 3.63) is 28.5 Å². The lowest BCUT2D eigenvalue weighted by Gasteiger charge is -2.22. The smallest absolute Gasteiger partial charge is 0.125 e. The minimum absolute atomic E-state index is 0.266. The standard InChI is InChI=1S/C14H16BrClN2O/c1-9(13-3-2-6-19-13)18-12-5-4-10(15)7-11(12)17-14(18)8-16/h4-5,7,9,13H,2-3,6,8H2,1H3. The van der Waals surface area contributed by atoms with Crippen LogP contribution in [0.3, 0.4) is 0 Å². The molecular weight excluding hydrogens is 328 g/mol. The highest BCUT2D eigenvalue weighted by molar-refractivity contribution is 9.10. The second-order valence-electron chi connectivity index (χ2n) is 4.96. The van der Waals surface area contributed by atoms with E-state index in [2.05, 4.69) is 38.5 Å². The number of alkyl halides is 1. The van der Waals surface area contributed by atoms with Crippen LogP contribution in [0.25, 0.3) is 11.0 Å². The van der Waals surface area contributed by atoms with E-state index in [9.17, 15) is 0 Å². The average Bonchev–Trinajstić information content (AvgIpc) is 3.04. The van der Waals surface area contributed by atoms with Crippen LogP contribution >= 0.6 is 27.5 Å². The van der Waals surface area contributed by atoms with Crippen molar-refractivity contribution in [2.45, 2.75) is 37.8 Å². The first-order valence-corrected chi connectivity index (χ1v) is 7.87. The Bertz CT molecular complexity index is 592. The molecule has 0 N–H and O–H groups in total. The third kappa shape index (κ3) is 2.41. The summed E-state index contributed by atoms with van der Waals surface area (Å²) in [6.07, 6.45) is 2.52. The summed E-state index contributed by atoms with van der Waals surface area (Å²) in [6.45, 7) is 3.05. The van der Waals surface area contributed by atoms with E-state index in [1.807, 2.05) is 12.1 Å². The van der Waals surface area contributed by atoms with Crippen LogP contribution in [0.2, 0.25) is 0 Å². The topological polar surface area (TPSA) is 27.1 Å². The third-order valence-corrected chi connectivity index (χ3v) is 4.49. The maximum atomic E-state index is 6.06. The minimum atomic E-state index is 0.266. The molecule has 2 atom stereocenters. The first kappa shape index (κ1) is 13.4. The molecule has 1 aromatic carbocycles. The summed E-state index contributed by atoms with van der Waals surface area (Å²) < 4.78 is 9.07. The first-order chi connectivity index (χ1) is 9.20. The predicted molar refractivity (Wildman–Crippen MR) is 80.7 cm³/mol. The molecule has 5 heteroatoms. The van der Waals surface area contributed by atoms with E-state index in [0.29, 0.717) is 5.88 Å². The molecule has 0 radical (unpaired) electrons. The Morgan fingerprint density at radius 2 is 2.42 bits per heavy atom. The van der Waals surface area contributed by atoms with Gasteiger partial charge in [0.05, 0.1) is 29.1 Å². The van der Waals surface area contributed by atoms with E-state index >= 15 is 0 Å². The molecule has 2 aromatic rings. The van der Waals surface area contributed by atoms with Crippen LogP contribution in [0.1, 0.15) is 31.6 Å². The lowest BCUT2D eigenvalue weighted by atomic mass is 10.1. The zero-order valence-corrected chi connectivity index (χ0v) is 13.1. The van der Waals surface area contributed by atoms with Gasteiger partial charge in [-0.25, -0.2) is 4.98 Å². The van der Waals surface area contributed by atoms with Crippen LogP contribution in [-0.2, 0) is 10.6 Å². The number of rotatable bonds is 3. The van der Waals surface area contributed by atoms with Gasteiger partial charge < -0.3 is 9.30 Å². The lowest BCUT2D eigenvalue weighted by Crippen LogP contribution is -2.22. The van der Waals surface area contributed by atoms with Crippen LogP contribution in [0.4, 0.5) is 0 Å². The van der Waals surface area contributed by atoms with E-state index in [0.717, 1.165) is 40.8 Å². The van der Waals surface area contributed by atoms with Crippen molar-refractivity contribution in [3.63, 3.8) is 0 Å². The summed E-state index contributed by atoms with van der Waals surface area (Å²) in [6, 6.07) is 6.43. The summed E-state index contributed by atoms with van der Waals surface area (Å²) in [7, 11) is 0. The van der Waals surface area contributed by atoms with Crippen molar-refractivity contribution in [2.75, 3.05) is 6.61 Å².